The van der Waals surface area contributed by atoms with Crippen LogP contribution in [0.15, 0.2) is 25.3 Å². The SMILES string of the molecule is C=CCS(=O)(=O)[O-].C=CCS(=O)(=O)[O-].[Na+].[Na+]. The number of hydrogen-bond donors (Lipinski definition) is 0. The Morgan fingerprint density at radius 2 is 1.00 bits per heavy atom. The fourth-order valence-corrected chi connectivity index (χ4v) is 0.866. The average Bonchev–Trinajstić information content (AvgIpc) is 1.81. The Labute approximate surface area is 140 Å². The van der Waals surface area contributed by atoms with Gasteiger partial charge in [0.25, 0.3) is 0 Å². The summed E-state index contributed by atoms with van der Waals surface area (Å²) >= 11 is 0. The molecule has 0 aliphatic rings. The molecule has 0 N–H and O–H groups in total. The Morgan fingerprint density at radius 1 is 0.812 bits per heavy atom. The number of hydrogen-bond acceptors (Lipinski definition) is 6. The minimum absolute atomic E-state index is 0. The van der Waals surface area contributed by atoms with Gasteiger partial charge in [0.2, 0.25) is 0 Å². The number of rotatable bonds is 4. The van der Waals surface area contributed by atoms with Crippen LogP contribution in [0.1, 0.15) is 0 Å². The van der Waals surface area contributed by atoms with Crippen LogP contribution < -0.4 is 59.1 Å². The predicted molar refractivity (Wildman–Crippen MR) is 49.5 cm³/mol. The molecule has 0 aliphatic carbocycles. The van der Waals surface area contributed by atoms with Crippen LogP contribution in [-0.4, -0.2) is 37.4 Å². The zero-order chi connectivity index (χ0) is 11.8. The molecule has 0 unspecified atom stereocenters. The van der Waals surface area contributed by atoms with E-state index >= 15 is 0 Å². The summed E-state index contributed by atoms with van der Waals surface area (Å²) in [6, 6.07) is 0. The van der Waals surface area contributed by atoms with Crippen molar-refractivity contribution in [2.75, 3.05) is 11.5 Å². The van der Waals surface area contributed by atoms with E-state index in [2.05, 4.69) is 13.2 Å². The zero-order valence-electron chi connectivity index (χ0n) is 9.25. The van der Waals surface area contributed by atoms with Crippen LogP contribution >= 0.6 is 0 Å². The van der Waals surface area contributed by atoms with Crippen LogP contribution in [0.2, 0.25) is 0 Å². The van der Waals surface area contributed by atoms with E-state index in [1.165, 1.54) is 0 Å². The van der Waals surface area contributed by atoms with E-state index in [9.17, 15) is 25.9 Å². The molecule has 0 aromatic heterocycles. The van der Waals surface area contributed by atoms with E-state index in [1.54, 1.807) is 0 Å². The molecule has 0 saturated heterocycles. The Hall–Kier alpha value is 1.30. The topological polar surface area (TPSA) is 114 Å². The summed E-state index contributed by atoms with van der Waals surface area (Å²) in [5, 5.41) is 0. The first kappa shape index (κ1) is 26.0. The summed E-state index contributed by atoms with van der Waals surface area (Å²) in [5.74, 6) is -0.958. The van der Waals surface area contributed by atoms with Crippen LogP contribution in [0.4, 0.5) is 0 Å². The summed E-state index contributed by atoms with van der Waals surface area (Å²) in [5.41, 5.74) is 0. The fourth-order valence-electron chi connectivity index (χ4n) is 0.289. The summed E-state index contributed by atoms with van der Waals surface area (Å²) in [6.07, 6.45) is 2.12. The van der Waals surface area contributed by atoms with Crippen LogP contribution in [0.3, 0.4) is 0 Å². The zero-order valence-corrected chi connectivity index (χ0v) is 14.9. The molecule has 0 spiro atoms. The molecule has 0 aromatic rings. The molecule has 16 heavy (non-hydrogen) atoms. The van der Waals surface area contributed by atoms with Crippen LogP contribution in [0, 0.1) is 0 Å². The quantitative estimate of drug-likeness (QED) is 0.289. The van der Waals surface area contributed by atoms with Crippen molar-refractivity contribution in [2.24, 2.45) is 0 Å². The second-order valence-electron chi connectivity index (χ2n) is 2.03. The molecule has 10 heteroatoms. The van der Waals surface area contributed by atoms with Gasteiger partial charge in [0.15, 0.2) is 0 Å². The van der Waals surface area contributed by atoms with Gasteiger partial charge in [0.05, 0.1) is 31.7 Å². The van der Waals surface area contributed by atoms with Gasteiger partial charge in [-0.3, -0.25) is 0 Å². The van der Waals surface area contributed by atoms with Crippen molar-refractivity contribution in [2.45, 2.75) is 0 Å². The largest absolute Gasteiger partial charge is 1.00 e. The maximum atomic E-state index is 9.60. The molecule has 0 aliphatic heterocycles. The van der Waals surface area contributed by atoms with E-state index < -0.39 is 31.7 Å². The molecule has 0 aromatic carbocycles. The third kappa shape index (κ3) is 36.2. The van der Waals surface area contributed by atoms with Gasteiger partial charge < -0.3 is 9.11 Å². The van der Waals surface area contributed by atoms with Gasteiger partial charge in [0, 0.05) is 0 Å². The molecule has 0 fully saturated rings. The molecule has 0 amide bonds. The Bertz CT molecular complexity index is 334. The molecule has 84 valence electrons. The summed E-state index contributed by atoms with van der Waals surface area (Å²) in [4.78, 5) is 0. The molecule has 0 radical (unpaired) electrons. The van der Waals surface area contributed by atoms with Crippen molar-refractivity contribution < 1.29 is 85.1 Å². The van der Waals surface area contributed by atoms with E-state index in [0.29, 0.717) is 0 Å². The summed E-state index contributed by atoms with van der Waals surface area (Å²) in [7, 11) is -8.08. The van der Waals surface area contributed by atoms with Gasteiger partial charge in [-0.25, -0.2) is 16.8 Å². The smallest absolute Gasteiger partial charge is 0.748 e. The summed E-state index contributed by atoms with van der Waals surface area (Å²) < 4.78 is 57.6. The van der Waals surface area contributed by atoms with Crippen molar-refractivity contribution in [1.82, 2.24) is 0 Å². The first-order valence-corrected chi connectivity index (χ1v) is 6.37. The molecular formula is C6H10Na2O6S2. The van der Waals surface area contributed by atoms with Crippen molar-refractivity contribution >= 4 is 20.2 Å². The first-order chi connectivity index (χ1) is 6.12. The van der Waals surface area contributed by atoms with Gasteiger partial charge in [0.1, 0.15) is 0 Å². The van der Waals surface area contributed by atoms with Crippen molar-refractivity contribution in [1.29, 1.82) is 0 Å². The molecule has 0 saturated carbocycles. The van der Waals surface area contributed by atoms with Crippen molar-refractivity contribution in [3.05, 3.63) is 25.3 Å². The maximum absolute atomic E-state index is 9.60. The van der Waals surface area contributed by atoms with Gasteiger partial charge in [-0.15, -0.1) is 13.2 Å². The maximum Gasteiger partial charge on any atom is 1.00 e. The molecule has 0 atom stereocenters. The first-order valence-electron chi connectivity index (χ1n) is 3.21. The fraction of sp³-hybridized carbons (Fsp3) is 0.333. The van der Waals surface area contributed by atoms with Crippen molar-refractivity contribution in [3.63, 3.8) is 0 Å². The van der Waals surface area contributed by atoms with Gasteiger partial charge in [-0.1, -0.05) is 12.2 Å². The van der Waals surface area contributed by atoms with Crippen LogP contribution in [0.5, 0.6) is 0 Å². The van der Waals surface area contributed by atoms with E-state index in [1.807, 2.05) is 0 Å². The molecular weight excluding hydrogens is 278 g/mol. The minimum Gasteiger partial charge on any atom is -0.748 e. The van der Waals surface area contributed by atoms with E-state index in [4.69, 9.17) is 0 Å². The third-order valence-electron chi connectivity index (χ3n) is 0.644. The van der Waals surface area contributed by atoms with Gasteiger partial charge >= 0.3 is 59.1 Å². The second-order valence-corrected chi connectivity index (χ2v) is 4.92. The predicted octanol–water partition coefficient (Wildman–Crippen LogP) is -6.56. The van der Waals surface area contributed by atoms with Gasteiger partial charge in [-0.05, 0) is 0 Å². The minimum atomic E-state index is -4.04. The van der Waals surface area contributed by atoms with E-state index in [-0.39, 0.29) is 59.1 Å². The van der Waals surface area contributed by atoms with Crippen LogP contribution in [-0.2, 0) is 20.2 Å². The third-order valence-corrected chi connectivity index (χ3v) is 1.93. The Balaban J connectivity index is -0.0000000800. The molecule has 0 heterocycles. The van der Waals surface area contributed by atoms with Crippen LogP contribution in [0.25, 0.3) is 0 Å². The van der Waals surface area contributed by atoms with E-state index in [0.717, 1.165) is 12.2 Å². The molecule has 6 nitrogen and oxygen atoms in total. The molecule has 0 bridgehead atoms. The Morgan fingerprint density at radius 3 is 1.00 bits per heavy atom. The molecule has 0 rings (SSSR count). The monoisotopic (exact) mass is 288 g/mol. The summed E-state index contributed by atoms with van der Waals surface area (Å²) in [6.45, 7) is 6.13. The standard InChI is InChI=1S/2C3H6O3S.2Na/c2*1-2-3-7(4,5)6;;/h2*2H,1,3H2,(H,4,5,6);;/q;;2*+1/p-2. The van der Waals surface area contributed by atoms with Gasteiger partial charge in [-0.2, -0.15) is 0 Å². The van der Waals surface area contributed by atoms with Crippen molar-refractivity contribution in [3.8, 4) is 0 Å². The average molecular weight is 288 g/mol. The second kappa shape index (κ2) is 12.7. The Kier molecular flexibility index (Phi) is 20.7. The normalized spacial score (nSPS) is 9.62.